The van der Waals surface area contributed by atoms with E-state index in [4.69, 9.17) is 0 Å². The summed E-state index contributed by atoms with van der Waals surface area (Å²) in [4.78, 5) is 0. The SMILES string of the molecule is C=C(CCCC1CCC2(C)C3=C(CCC12C)C1(C)CCCC(C)(C)C1CC3)C(C)C.CC.CC. The fourth-order valence-corrected chi connectivity index (χ4v) is 9.23. The molecule has 0 heteroatoms. The Labute approximate surface area is 215 Å². The number of hydrogen-bond acceptors (Lipinski definition) is 0. The van der Waals surface area contributed by atoms with Gasteiger partial charge in [-0.3, -0.25) is 0 Å². The van der Waals surface area contributed by atoms with E-state index in [9.17, 15) is 0 Å². The maximum absolute atomic E-state index is 4.33. The Morgan fingerprint density at radius 2 is 1.50 bits per heavy atom. The van der Waals surface area contributed by atoms with Crippen LogP contribution >= 0.6 is 0 Å². The molecule has 198 valence electrons. The van der Waals surface area contributed by atoms with Crippen molar-refractivity contribution >= 4 is 0 Å². The van der Waals surface area contributed by atoms with E-state index >= 15 is 0 Å². The average molecular weight is 471 g/mol. The van der Waals surface area contributed by atoms with Gasteiger partial charge in [-0.2, -0.15) is 0 Å². The van der Waals surface area contributed by atoms with Crippen molar-refractivity contribution in [1.82, 2.24) is 0 Å². The van der Waals surface area contributed by atoms with Crippen LogP contribution in [0.25, 0.3) is 0 Å². The van der Waals surface area contributed by atoms with Crippen molar-refractivity contribution in [2.45, 2.75) is 153 Å². The Morgan fingerprint density at radius 3 is 2.12 bits per heavy atom. The topological polar surface area (TPSA) is 0 Å². The van der Waals surface area contributed by atoms with E-state index in [0.29, 0.717) is 27.6 Å². The van der Waals surface area contributed by atoms with Crippen LogP contribution in [0.1, 0.15) is 153 Å². The van der Waals surface area contributed by atoms with Crippen molar-refractivity contribution in [3.63, 3.8) is 0 Å². The standard InChI is InChI=1S/C30H50.2C2H6/c1-21(2)22(3)11-9-12-23-15-19-30(8)25-13-14-26-27(4,5)17-10-18-28(26,6)24(25)16-20-29(23,30)7;2*1-2/h21,23,26H,3,9-20H2,1-2,4-8H3;2*1-2H3. The lowest BCUT2D eigenvalue weighted by Crippen LogP contribution is -2.51. The normalized spacial score (nSPS) is 38.0. The minimum absolute atomic E-state index is 0.468. The quantitative estimate of drug-likeness (QED) is 0.350. The van der Waals surface area contributed by atoms with Gasteiger partial charge in [0.05, 0.1) is 0 Å². The summed E-state index contributed by atoms with van der Waals surface area (Å²) in [7, 11) is 0. The third-order valence-corrected chi connectivity index (χ3v) is 11.5. The van der Waals surface area contributed by atoms with E-state index < -0.39 is 0 Å². The minimum Gasteiger partial charge on any atom is -0.0996 e. The molecule has 4 aliphatic carbocycles. The first-order valence-corrected chi connectivity index (χ1v) is 15.4. The molecule has 0 saturated heterocycles. The fourth-order valence-electron chi connectivity index (χ4n) is 9.23. The first-order chi connectivity index (χ1) is 16.0. The average Bonchev–Trinajstić information content (AvgIpc) is 3.07. The molecule has 0 bridgehead atoms. The van der Waals surface area contributed by atoms with Crippen LogP contribution in [0.4, 0.5) is 0 Å². The highest BCUT2D eigenvalue weighted by Crippen LogP contribution is 2.72. The lowest BCUT2D eigenvalue weighted by molar-refractivity contribution is -0.0156. The molecule has 0 heterocycles. The van der Waals surface area contributed by atoms with Crippen LogP contribution < -0.4 is 0 Å². The van der Waals surface area contributed by atoms with E-state index in [1.165, 1.54) is 82.6 Å². The summed E-state index contributed by atoms with van der Waals surface area (Å²) in [6, 6.07) is 0. The van der Waals surface area contributed by atoms with Crippen molar-refractivity contribution in [2.75, 3.05) is 0 Å². The van der Waals surface area contributed by atoms with Gasteiger partial charge >= 0.3 is 0 Å². The van der Waals surface area contributed by atoms with E-state index in [1.807, 2.05) is 38.8 Å². The maximum Gasteiger partial charge on any atom is -0.00569 e. The Morgan fingerprint density at radius 1 is 0.853 bits per heavy atom. The lowest BCUT2D eigenvalue weighted by Gasteiger charge is -2.61. The van der Waals surface area contributed by atoms with Crippen molar-refractivity contribution in [2.24, 2.45) is 39.4 Å². The van der Waals surface area contributed by atoms with Gasteiger partial charge < -0.3 is 0 Å². The molecule has 34 heavy (non-hydrogen) atoms. The van der Waals surface area contributed by atoms with Gasteiger partial charge in [-0.05, 0) is 110 Å². The van der Waals surface area contributed by atoms with Crippen LogP contribution in [-0.2, 0) is 0 Å². The first kappa shape index (κ1) is 29.7. The van der Waals surface area contributed by atoms with E-state index in [2.05, 4.69) is 55.0 Å². The zero-order valence-electron chi connectivity index (χ0n) is 25.4. The second-order valence-corrected chi connectivity index (χ2v) is 13.5. The smallest absolute Gasteiger partial charge is 0.00569 e. The van der Waals surface area contributed by atoms with Crippen LogP contribution in [0.15, 0.2) is 23.3 Å². The zero-order valence-corrected chi connectivity index (χ0v) is 25.4. The number of rotatable bonds is 5. The van der Waals surface area contributed by atoms with Gasteiger partial charge in [0, 0.05) is 0 Å². The second-order valence-electron chi connectivity index (χ2n) is 13.5. The molecule has 0 radical (unpaired) electrons. The van der Waals surface area contributed by atoms with Crippen LogP contribution in [0.5, 0.6) is 0 Å². The monoisotopic (exact) mass is 470 g/mol. The Bertz CT molecular complexity index is 720. The third-order valence-electron chi connectivity index (χ3n) is 11.5. The molecule has 4 aliphatic rings. The molecule has 0 spiro atoms. The van der Waals surface area contributed by atoms with Gasteiger partial charge in [-0.15, -0.1) is 0 Å². The molecule has 4 rings (SSSR count). The molecule has 0 aromatic rings. The molecule has 2 saturated carbocycles. The molecule has 0 amide bonds. The maximum atomic E-state index is 4.33. The number of allylic oxidation sites excluding steroid dienone is 3. The van der Waals surface area contributed by atoms with Gasteiger partial charge in [0.2, 0.25) is 0 Å². The zero-order chi connectivity index (χ0) is 25.9. The molecule has 5 unspecified atom stereocenters. The van der Waals surface area contributed by atoms with E-state index in [0.717, 1.165) is 11.8 Å². The van der Waals surface area contributed by atoms with Crippen LogP contribution in [0.2, 0.25) is 0 Å². The molecular weight excluding hydrogens is 408 g/mol. The molecule has 0 N–H and O–H groups in total. The molecule has 0 nitrogen and oxygen atoms in total. The summed E-state index contributed by atoms with van der Waals surface area (Å²) >= 11 is 0. The highest BCUT2D eigenvalue weighted by atomic mass is 14.7. The summed E-state index contributed by atoms with van der Waals surface area (Å²) < 4.78 is 0. The van der Waals surface area contributed by atoms with Crippen molar-refractivity contribution < 1.29 is 0 Å². The van der Waals surface area contributed by atoms with E-state index in [-0.39, 0.29) is 0 Å². The lowest BCUT2D eigenvalue weighted by atomic mass is 9.44. The molecule has 5 atom stereocenters. The second kappa shape index (κ2) is 11.3. The molecule has 0 aliphatic heterocycles. The number of fused-ring (bicyclic) bond motifs is 4. The molecule has 0 aromatic heterocycles. The van der Waals surface area contributed by atoms with E-state index in [1.54, 1.807) is 0 Å². The van der Waals surface area contributed by atoms with Crippen molar-refractivity contribution in [3.05, 3.63) is 23.3 Å². The molecule has 2 fully saturated rings. The Balaban J connectivity index is 0.000000970. The highest BCUT2D eigenvalue weighted by Gasteiger charge is 2.61. The minimum atomic E-state index is 0.468. The Kier molecular flexibility index (Phi) is 9.83. The van der Waals surface area contributed by atoms with Gasteiger partial charge in [-0.25, -0.2) is 0 Å². The molecular formula is C34H62. The summed E-state index contributed by atoms with van der Waals surface area (Å²) in [6.07, 6.45) is 17.0. The highest BCUT2D eigenvalue weighted by molar-refractivity contribution is 5.38. The van der Waals surface area contributed by atoms with Crippen LogP contribution in [-0.4, -0.2) is 0 Å². The first-order valence-electron chi connectivity index (χ1n) is 15.4. The van der Waals surface area contributed by atoms with Gasteiger partial charge in [0.1, 0.15) is 0 Å². The predicted molar refractivity (Wildman–Crippen MR) is 154 cm³/mol. The van der Waals surface area contributed by atoms with Crippen LogP contribution in [0.3, 0.4) is 0 Å². The summed E-state index contributed by atoms with van der Waals surface area (Å²) in [5, 5.41) is 0. The third kappa shape index (κ3) is 4.87. The summed E-state index contributed by atoms with van der Waals surface area (Å²) in [5.41, 5.74) is 7.40. The van der Waals surface area contributed by atoms with Gasteiger partial charge in [0.15, 0.2) is 0 Å². The Hall–Kier alpha value is -0.520. The summed E-state index contributed by atoms with van der Waals surface area (Å²) in [6.45, 7) is 30.2. The van der Waals surface area contributed by atoms with Gasteiger partial charge in [0.25, 0.3) is 0 Å². The predicted octanol–water partition coefficient (Wildman–Crippen LogP) is 11.6. The van der Waals surface area contributed by atoms with Crippen molar-refractivity contribution in [3.8, 4) is 0 Å². The van der Waals surface area contributed by atoms with Gasteiger partial charge in [-0.1, -0.05) is 106 Å². The number of hydrogen-bond donors (Lipinski definition) is 0. The van der Waals surface area contributed by atoms with Crippen molar-refractivity contribution in [1.29, 1.82) is 0 Å². The summed E-state index contributed by atoms with van der Waals surface area (Å²) in [5.74, 6) is 2.47. The largest absolute Gasteiger partial charge is 0.0996 e. The van der Waals surface area contributed by atoms with Crippen LogP contribution in [0, 0.1) is 39.4 Å². The molecule has 0 aromatic carbocycles. The fraction of sp³-hybridized carbons (Fsp3) is 0.882.